The maximum atomic E-state index is 10.2. The van der Waals surface area contributed by atoms with Gasteiger partial charge in [-0.05, 0) is 13.8 Å². The third-order valence-electron chi connectivity index (χ3n) is 1.62. The van der Waals surface area contributed by atoms with Crippen LogP contribution in [0, 0.1) is 0 Å². The number of hydrogen-bond donors (Lipinski definition) is 1. The standard InChI is InChI=1S/C7H12O5.K/c1-7(2)11-3-4(12-7)5(8)6(9)10;/h4-5,8H,3H2,1-2H3,(H,9,10);/q;+1/p-1/t4-,5-;/m1./s1. The molecular formula is C7H11KO5. The van der Waals surface area contributed by atoms with Crippen molar-refractivity contribution in [3.8, 4) is 0 Å². The molecule has 0 unspecified atom stereocenters. The normalized spacial score (nSPS) is 27.8. The van der Waals surface area contributed by atoms with Gasteiger partial charge in [0.25, 0.3) is 0 Å². The van der Waals surface area contributed by atoms with E-state index < -0.39 is 24.0 Å². The van der Waals surface area contributed by atoms with Crippen molar-refractivity contribution in [2.45, 2.75) is 31.8 Å². The fourth-order valence-corrected chi connectivity index (χ4v) is 1.02. The SMILES string of the molecule is CC1(C)OC[C@H]([C@@H](O)C(=O)[O-])O1.[K+]. The number of carbonyl (C=O) groups is 1. The summed E-state index contributed by atoms with van der Waals surface area (Å²) in [5, 5.41) is 19.2. The molecule has 2 atom stereocenters. The van der Waals surface area contributed by atoms with E-state index in [1.54, 1.807) is 13.8 Å². The van der Waals surface area contributed by atoms with E-state index in [1.165, 1.54) is 0 Å². The predicted molar refractivity (Wildman–Crippen MR) is 35.9 cm³/mol. The molecule has 1 aliphatic heterocycles. The first-order valence-electron chi connectivity index (χ1n) is 3.63. The predicted octanol–water partition coefficient (Wildman–Crippen LogP) is -4.75. The van der Waals surface area contributed by atoms with Crippen molar-refractivity contribution in [1.82, 2.24) is 0 Å². The summed E-state index contributed by atoms with van der Waals surface area (Å²) in [5.74, 6) is -2.36. The van der Waals surface area contributed by atoms with E-state index in [4.69, 9.17) is 14.6 Å². The second-order valence-corrected chi connectivity index (χ2v) is 3.13. The van der Waals surface area contributed by atoms with E-state index in [0.717, 1.165) is 0 Å². The molecule has 1 heterocycles. The van der Waals surface area contributed by atoms with Gasteiger partial charge in [-0.3, -0.25) is 0 Å². The summed E-state index contributed by atoms with van der Waals surface area (Å²) in [7, 11) is 0. The Labute approximate surface area is 119 Å². The van der Waals surface area contributed by atoms with E-state index in [0.29, 0.717) is 0 Å². The second-order valence-electron chi connectivity index (χ2n) is 3.13. The molecule has 0 aromatic carbocycles. The number of carboxylic acids is 1. The van der Waals surface area contributed by atoms with Crippen LogP contribution in [0.2, 0.25) is 0 Å². The zero-order valence-electron chi connectivity index (χ0n) is 7.94. The van der Waals surface area contributed by atoms with Crippen LogP contribution in [0.1, 0.15) is 13.8 Å². The van der Waals surface area contributed by atoms with Crippen molar-refractivity contribution in [3.05, 3.63) is 0 Å². The van der Waals surface area contributed by atoms with Crippen molar-refractivity contribution in [1.29, 1.82) is 0 Å². The van der Waals surface area contributed by atoms with Crippen LogP contribution in [0.5, 0.6) is 0 Å². The molecule has 0 spiro atoms. The van der Waals surface area contributed by atoms with Gasteiger partial charge in [-0.15, -0.1) is 0 Å². The van der Waals surface area contributed by atoms with Crippen molar-refractivity contribution in [2.75, 3.05) is 6.61 Å². The van der Waals surface area contributed by atoms with Crippen LogP contribution in [-0.4, -0.2) is 35.7 Å². The molecule has 70 valence electrons. The van der Waals surface area contributed by atoms with Gasteiger partial charge in [0.05, 0.1) is 12.6 Å². The molecule has 0 radical (unpaired) electrons. The molecule has 0 aromatic heterocycles. The topological polar surface area (TPSA) is 78.8 Å². The monoisotopic (exact) mass is 214 g/mol. The van der Waals surface area contributed by atoms with Crippen LogP contribution in [-0.2, 0) is 14.3 Å². The van der Waals surface area contributed by atoms with Crippen LogP contribution in [0.25, 0.3) is 0 Å². The van der Waals surface area contributed by atoms with Gasteiger partial charge in [0.15, 0.2) is 5.79 Å². The number of carbonyl (C=O) groups excluding carboxylic acids is 1. The third kappa shape index (κ3) is 3.92. The molecule has 0 aromatic rings. The molecule has 0 bridgehead atoms. The van der Waals surface area contributed by atoms with Gasteiger partial charge < -0.3 is 24.5 Å². The minimum atomic E-state index is -1.62. The average Bonchev–Trinajstić information content (AvgIpc) is 2.28. The van der Waals surface area contributed by atoms with Gasteiger partial charge >= 0.3 is 51.4 Å². The van der Waals surface area contributed by atoms with Gasteiger partial charge in [0, 0.05) is 0 Å². The summed E-state index contributed by atoms with van der Waals surface area (Å²) >= 11 is 0. The van der Waals surface area contributed by atoms with Gasteiger partial charge in [0.2, 0.25) is 0 Å². The minimum Gasteiger partial charge on any atom is -0.547 e. The van der Waals surface area contributed by atoms with Crippen LogP contribution >= 0.6 is 0 Å². The van der Waals surface area contributed by atoms with Crippen LogP contribution in [0.3, 0.4) is 0 Å². The summed E-state index contributed by atoms with van der Waals surface area (Å²) in [6.07, 6.45) is -2.45. The summed E-state index contributed by atoms with van der Waals surface area (Å²) in [4.78, 5) is 10.2. The van der Waals surface area contributed by atoms with Gasteiger partial charge in [-0.25, -0.2) is 0 Å². The van der Waals surface area contributed by atoms with Gasteiger partial charge in [0.1, 0.15) is 12.2 Å². The molecule has 5 nitrogen and oxygen atoms in total. The van der Waals surface area contributed by atoms with E-state index >= 15 is 0 Å². The summed E-state index contributed by atoms with van der Waals surface area (Å²) in [6, 6.07) is 0. The van der Waals surface area contributed by atoms with Crippen molar-refractivity contribution in [3.63, 3.8) is 0 Å². The second kappa shape index (κ2) is 5.18. The number of aliphatic hydroxyl groups excluding tert-OH is 1. The van der Waals surface area contributed by atoms with E-state index in [9.17, 15) is 9.90 Å². The maximum absolute atomic E-state index is 10.2. The number of aliphatic hydroxyl groups is 1. The van der Waals surface area contributed by atoms with Crippen molar-refractivity contribution < 1.29 is 75.9 Å². The smallest absolute Gasteiger partial charge is 0.547 e. The van der Waals surface area contributed by atoms with E-state index in [-0.39, 0.29) is 58.0 Å². The molecule has 0 amide bonds. The molecule has 0 aliphatic carbocycles. The average molecular weight is 214 g/mol. The van der Waals surface area contributed by atoms with Crippen LogP contribution < -0.4 is 56.5 Å². The Balaban J connectivity index is 0.00000144. The first-order chi connectivity index (χ1) is 5.42. The molecule has 6 heteroatoms. The van der Waals surface area contributed by atoms with Crippen molar-refractivity contribution >= 4 is 5.97 Å². The zero-order chi connectivity index (χ0) is 9.35. The fourth-order valence-electron chi connectivity index (χ4n) is 1.02. The Hall–Kier alpha value is 0.986. The van der Waals surface area contributed by atoms with E-state index in [1.807, 2.05) is 0 Å². The van der Waals surface area contributed by atoms with Gasteiger partial charge in [-0.1, -0.05) is 0 Å². The molecule has 1 aliphatic rings. The van der Waals surface area contributed by atoms with Crippen LogP contribution in [0.15, 0.2) is 0 Å². The molecule has 1 N–H and O–H groups in total. The van der Waals surface area contributed by atoms with Crippen molar-refractivity contribution in [2.24, 2.45) is 0 Å². The molecule has 0 saturated carbocycles. The zero-order valence-corrected chi connectivity index (χ0v) is 11.1. The van der Waals surface area contributed by atoms with Gasteiger partial charge in [-0.2, -0.15) is 0 Å². The Morgan fingerprint density at radius 1 is 1.69 bits per heavy atom. The number of rotatable bonds is 2. The Kier molecular flexibility index (Phi) is 5.57. The Morgan fingerprint density at radius 3 is 2.54 bits per heavy atom. The molecule has 1 rings (SSSR count). The first-order valence-corrected chi connectivity index (χ1v) is 3.63. The molecule has 1 saturated heterocycles. The number of ether oxygens (including phenoxy) is 2. The first kappa shape index (κ1) is 14.0. The number of aliphatic carboxylic acids is 1. The van der Waals surface area contributed by atoms with Crippen LogP contribution in [0.4, 0.5) is 0 Å². The number of carboxylic acid groups (broad SMARTS) is 1. The Morgan fingerprint density at radius 2 is 2.23 bits per heavy atom. The summed E-state index contributed by atoms with van der Waals surface area (Å²) < 4.78 is 10.1. The Bertz CT molecular complexity index is 193. The minimum absolute atomic E-state index is 0. The fraction of sp³-hybridized carbons (Fsp3) is 0.857. The molecule has 13 heavy (non-hydrogen) atoms. The summed E-state index contributed by atoms with van der Waals surface area (Å²) in [5.41, 5.74) is 0. The third-order valence-corrected chi connectivity index (χ3v) is 1.62. The largest absolute Gasteiger partial charge is 1.00 e. The molecular weight excluding hydrogens is 203 g/mol. The summed E-state index contributed by atoms with van der Waals surface area (Å²) in [6.45, 7) is 3.37. The van der Waals surface area contributed by atoms with E-state index in [2.05, 4.69) is 0 Å². The maximum Gasteiger partial charge on any atom is 1.00 e. The molecule has 1 fully saturated rings. The number of hydrogen-bond acceptors (Lipinski definition) is 5. The quantitative estimate of drug-likeness (QED) is 0.467.